The molecular weight excluding hydrogens is 362 g/mol. The van der Waals surface area contributed by atoms with Crippen molar-refractivity contribution in [3.05, 3.63) is 59.5 Å². The summed E-state index contributed by atoms with van der Waals surface area (Å²) >= 11 is 0. The Morgan fingerprint density at radius 1 is 0.692 bits per heavy atom. The van der Waals surface area contributed by atoms with Gasteiger partial charge < -0.3 is 10.2 Å². The summed E-state index contributed by atoms with van der Waals surface area (Å²) in [6.45, 7) is 0. The molecule has 0 radical (unpaired) electrons. The van der Waals surface area contributed by atoms with Gasteiger partial charge in [0.25, 0.3) is 0 Å². The fourth-order valence-corrected chi connectivity index (χ4v) is 2.36. The van der Waals surface area contributed by atoms with E-state index in [2.05, 4.69) is 10.2 Å². The van der Waals surface area contributed by atoms with Crippen molar-refractivity contribution in [2.75, 3.05) is 0 Å². The quantitative estimate of drug-likeness (QED) is 0.479. The Morgan fingerprint density at radius 2 is 0.962 bits per heavy atom. The third-order valence-corrected chi connectivity index (χ3v) is 3.34. The van der Waals surface area contributed by atoms with Gasteiger partial charge in [-0.3, -0.25) is 0 Å². The SMILES string of the molecule is [2H]OC([2H])(c1c2c([2H])c([2H])c([2H])c([2H])c2c(C([2H])(O[2H])C(F)(F)F)c2c([2H])c([2H])c([2H])c([2H])c12)C(F)(F)F. The van der Waals surface area contributed by atoms with E-state index in [1.54, 1.807) is 0 Å². The van der Waals surface area contributed by atoms with Gasteiger partial charge in [-0.1, -0.05) is 48.3 Å². The van der Waals surface area contributed by atoms with Gasteiger partial charge in [-0.15, -0.1) is 0 Å². The van der Waals surface area contributed by atoms with E-state index in [-0.39, 0.29) is 0 Å². The lowest BCUT2D eigenvalue weighted by molar-refractivity contribution is -0.206. The molecule has 2 N–H and O–H groups in total. The lowest BCUT2D eigenvalue weighted by Gasteiger charge is -2.24. The molecule has 0 heterocycles. The first-order chi connectivity index (χ1) is 17.2. The van der Waals surface area contributed by atoms with Gasteiger partial charge in [0, 0.05) is 11.1 Å². The number of hydrogen-bond acceptors (Lipinski definition) is 2. The molecule has 0 spiro atoms. The number of halogens is 6. The Balaban J connectivity index is 3.09. The molecule has 2 atom stereocenters. The fourth-order valence-electron chi connectivity index (χ4n) is 2.36. The Labute approximate surface area is 160 Å². The molecule has 138 valence electrons. The zero-order valence-electron chi connectivity index (χ0n) is 24.1. The minimum atomic E-state index is -5.98. The third kappa shape index (κ3) is 2.99. The van der Waals surface area contributed by atoms with Crippen molar-refractivity contribution in [1.82, 2.24) is 0 Å². The first-order valence-electron chi connectivity index (χ1n) is 12.4. The smallest absolute Gasteiger partial charge is 0.379 e. The minimum absolute atomic E-state index is 1.33. The van der Waals surface area contributed by atoms with Crippen molar-refractivity contribution in [2.45, 2.75) is 24.5 Å². The Hall–Kier alpha value is -2.32. The second-order valence-electron chi connectivity index (χ2n) is 4.90. The summed E-state index contributed by atoms with van der Waals surface area (Å²) in [7, 11) is 0. The number of benzene rings is 3. The zero-order chi connectivity index (χ0) is 29.5. The molecule has 3 aromatic carbocycles. The van der Waals surface area contributed by atoms with Crippen molar-refractivity contribution in [1.29, 1.82) is 2.86 Å². The molecule has 2 nitrogen and oxygen atoms in total. The number of alkyl halides is 6. The van der Waals surface area contributed by atoms with Crippen LogP contribution in [-0.2, 0) is 0 Å². The van der Waals surface area contributed by atoms with Crippen molar-refractivity contribution in [3.63, 3.8) is 0 Å². The van der Waals surface area contributed by atoms with Crippen LogP contribution in [0.4, 0.5) is 26.3 Å². The molecule has 3 rings (SSSR count). The second-order valence-corrected chi connectivity index (χ2v) is 4.90. The third-order valence-electron chi connectivity index (χ3n) is 3.34. The highest BCUT2D eigenvalue weighted by Crippen LogP contribution is 2.46. The Morgan fingerprint density at radius 3 is 1.15 bits per heavy atom. The van der Waals surface area contributed by atoms with Crippen LogP contribution < -0.4 is 0 Å². The summed E-state index contributed by atoms with van der Waals surface area (Å²) in [5.41, 5.74) is -3.72. The number of aliphatic hydroxyl groups is 2. The molecule has 26 heavy (non-hydrogen) atoms. The highest BCUT2D eigenvalue weighted by molar-refractivity contribution is 6.06. The minimum Gasteiger partial charge on any atom is -0.379 e. The van der Waals surface area contributed by atoms with Crippen molar-refractivity contribution in [3.8, 4) is 0 Å². The van der Waals surface area contributed by atoms with Crippen LogP contribution in [0.15, 0.2) is 48.3 Å². The van der Waals surface area contributed by atoms with E-state index in [1.165, 1.54) is 0 Å². The molecule has 0 saturated carbocycles. The largest absolute Gasteiger partial charge is 0.418 e. The van der Waals surface area contributed by atoms with Crippen LogP contribution in [0.25, 0.3) is 21.5 Å². The van der Waals surface area contributed by atoms with Crippen LogP contribution in [0, 0.1) is 0 Å². The summed E-state index contributed by atoms with van der Waals surface area (Å²) in [5.74, 6) is 0. The molecule has 0 aliphatic heterocycles. The van der Waals surface area contributed by atoms with Gasteiger partial charge in [0.15, 0.2) is 12.2 Å². The monoisotopic (exact) mass is 386 g/mol. The first kappa shape index (κ1) is 8.58. The molecule has 0 fully saturated rings. The number of fused-ring (bicyclic) bond motifs is 2. The van der Waals surface area contributed by atoms with Crippen molar-refractivity contribution < 1.29 is 50.3 Å². The lowest BCUT2D eigenvalue weighted by atomic mass is 9.87. The van der Waals surface area contributed by atoms with Crippen LogP contribution in [0.1, 0.15) is 37.0 Å². The van der Waals surface area contributed by atoms with Gasteiger partial charge >= 0.3 is 12.4 Å². The van der Waals surface area contributed by atoms with Gasteiger partial charge in [0.1, 0.15) is 0 Å². The molecular formula is C18H12F6O2. The van der Waals surface area contributed by atoms with E-state index in [0.717, 1.165) is 0 Å². The summed E-state index contributed by atoms with van der Waals surface area (Å²) in [5, 5.41) is 0.931. The first-order valence-corrected chi connectivity index (χ1v) is 6.54. The normalized spacial score (nSPS) is 24.2. The van der Waals surface area contributed by atoms with Crippen molar-refractivity contribution >= 4 is 21.5 Å². The van der Waals surface area contributed by atoms with E-state index in [0.29, 0.717) is 0 Å². The summed E-state index contributed by atoms with van der Waals surface area (Å²) in [4.78, 5) is 0. The van der Waals surface area contributed by atoms with Gasteiger partial charge in [-0.2, -0.15) is 26.3 Å². The van der Waals surface area contributed by atoms with E-state index < -0.39 is 106 Å². The van der Waals surface area contributed by atoms with Crippen LogP contribution in [0.3, 0.4) is 0 Å². The molecule has 0 amide bonds. The number of hydrogen-bond donors (Lipinski definition) is 2. The molecule has 8 heteroatoms. The van der Waals surface area contributed by atoms with Crippen LogP contribution in [-0.4, -0.2) is 25.4 Å². The summed E-state index contributed by atoms with van der Waals surface area (Å²) < 4.78 is 179. The average Bonchev–Trinajstić information content (AvgIpc) is 2.83. The maximum absolute atomic E-state index is 14.2. The van der Waals surface area contributed by atoms with E-state index in [9.17, 15) is 26.3 Å². The van der Waals surface area contributed by atoms with E-state index >= 15 is 0 Å². The van der Waals surface area contributed by atoms with Crippen LogP contribution in [0.2, 0.25) is 0 Å². The highest BCUT2D eigenvalue weighted by Gasteiger charge is 2.44. The van der Waals surface area contributed by atoms with Crippen LogP contribution >= 0.6 is 0 Å². The highest BCUT2D eigenvalue weighted by atomic mass is 19.4. The molecule has 0 aliphatic rings. The Bertz CT molecular complexity index is 1300. The predicted octanol–water partition coefficient (Wildman–Crippen LogP) is 5.18. The summed E-state index contributed by atoms with van der Waals surface area (Å²) in [6, 6.07) is -11.4. The molecule has 0 aliphatic carbocycles. The van der Waals surface area contributed by atoms with Crippen LogP contribution in [0.5, 0.6) is 0 Å². The zero-order valence-corrected chi connectivity index (χ0v) is 12.1. The van der Waals surface area contributed by atoms with Gasteiger partial charge in [0.05, 0.1) is 13.7 Å². The molecule has 0 aromatic heterocycles. The van der Waals surface area contributed by atoms with Crippen molar-refractivity contribution in [2.24, 2.45) is 0 Å². The second kappa shape index (κ2) is 6.14. The van der Waals surface area contributed by atoms with E-state index in [4.69, 9.17) is 16.6 Å². The predicted molar refractivity (Wildman–Crippen MR) is 83.5 cm³/mol. The molecule has 3 aromatic rings. The topological polar surface area (TPSA) is 40.5 Å². The number of rotatable bonds is 4. The fraction of sp³-hybridized carbons (Fsp3) is 0.222. The van der Waals surface area contributed by atoms with E-state index in [1.807, 2.05) is 0 Å². The molecule has 0 bridgehead atoms. The maximum atomic E-state index is 14.2. The molecule has 2 unspecified atom stereocenters. The Kier molecular flexibility index (Phi) is 2.02. The lowest BCUT2D eigenvalue weighted by Crippen LogP contribution is -2.23. The standard InChI is InChI=1S/C18H12F6O2/c19-17(20,21)15(25)13-9-5-1-2-6-10(9)14(16(26)18(22,23)24)12-8-4-3-7-11(12)13/h1-8,15-16,25-26H/i1D,2D,3D,4D,5D,6D,7D,8D,15D,16D,25D,26D. The average molecular weight is 386 g/mol. The maximum Gasteiger partial charge on any atom is 0.418 e. The summed E-state index contributed by atoms with van der Waals surface area (Å²) in [6.07, 6.45) is -21.3. The van der Waals surface area contributed by atoms with Gasteiger partial charge in [-0.25, -0.2) is 0 Å². The molecule has 0 saturated heterocycles. The van der Waals surface area contributed by atoms with Gasteiger partial charge in [0.2, 0.25) is 2.86 Å². The van der Waals surface area contributed by atoms with Gasteiger partial charge in [-0.05, 0) is 21.5 Å².